The molecule has 0 radical (unpaired) electrons. The molecule has 1 aromatic carbocycles. The van der Waals surface area contributed by atoms with Crippen molar-refractivity contribution < 1.29 is 4.79 Å². The quantitative estimate of drug-likeness (QED) is 0.602. The lowest BCUT2D eigenvalue weighted by Crippen LogP contribution is -2.23. The molecule has 2 saturated heterocycles. The molecule has 2 aliphatic rings. The smallest absolute Gasteiger partial charge is 0.264 e. The Labute approximate surface area is 179 Å². The number of hydrogen-bond donors (Lipinski definition) is 3. The van der Waals surface area contributed by atoms with Crippen LogP contribution in [0.4, 0.5) is 10.8 Å². The van der Waals surface area contributed by atoms with Crippen molar-refractivity contribution in [1.82, 2.24) is 15.6 Å². The summed E-state index contributed by atoms with van der Waals surface area (Å²) in [5, 5.41) is 11.2. The molecule has 0 bridgehead atoms. The molecule has 152 valence electrons. The molecule has 4 rings (SSSR count). The third-order valence-corrected chi connectivity index (χ3v) is 6.77. The Morgan fingerprint density at radius 3 is 3.07 bits per heavy atom. The Morgan fingerprint density at radius 2 is 2.28 bits per heavy atom. The van der Waals surface area contributed by atoms with E-state index in [4.69, 9.17) is 0 Å². The molecule has 2 aliphatic heterocycles. The van der Waals surface area contributed by atoms with E-state index < -0.39 is 0 Å². The first-order valence-corrected chi connectivity index (χ1v) is 11.5. The van der Waals surface area contributed by atoms with Crippen LogP contribution in [-0.4, -0.2) is 35.2 Å². The predicted molar refractivity (Wildman–Crippen MR) is 123 cm³/mol. The number of aliphatic imine (C=N–C) groups is 1. The minimum Gasteiger partial charge on any atom is -0.361 e. The van der Waals surface area contributed by atoms with Gasteiger partial charge in [0.05, 0.1) is 15.5 Å². The van der Waals surface area contributed by atoms with Gasteiger partial charge >= 0.3 is 0 Å². The Kier molecular flexibility index (Phi) is 6.32. The standard InChI is InChI=1S/C21H25N5OS2/c1-13-5-6-17(14(2)10-13)25-21-26-19(27)18(29-21)11-16-12-24-20(28-16)23-9-7-15-4-3-8-22-15/h5-6,10-12,15,22H,3-4,7-9H2,1-2H3,(H,23,24)(H,25,26,27). The number of carbonyl (C=O) groups excluding carboxylic acids is 1. The second-order valence-corrected chi connectivity index (χ2v) is 9.44. The summed E-state index contributed by atoms with van der Waals surface area (Å²) in [7, 11) is 0. The molecule has 8 heteroatoms. The molecule has 6 nitrogen and oxygen atoms in total. The van der Waals surface area contributed by atoms with E-state index in [1.165, 1.54) is 30.2 Å². The van der Waals surface area contributed by atoms with Gasteiger partial charge < -0.3 is 16.0 Å². The first kappa shape index (κ1) is 20.1. The number of nitrogens with one attached hydrogen (secondary N) is 3. The van der Waals surface area contributed by atoms with Crippen molar-refractivity contribution in [1.29, 1.82) is 0 Å². The van der Waals surface area contributed by atoms with Crippen LogP contribution in [-0.2, 0) is 4.79 Å². The van der Waals surface area contributed by atoms with Crippen molar-refractivity contribution in [3.05, 3.63) is 45.3 Å². The Morgan fingerprint density at radius 1 is 1.38 bits per heavy atom. The maximum Gasteiger partial charge on any atom is 0.264 e. The van der Waals surface area contributed by atoms with Gasteiger partial charge in [-0.15, -0.1) is 0 Å². The molecular weight excluding hydrogens is 402 g/mol. The number of amides is 1. The van der Waals surface area contributed by atoms with E-state index in [0.717, 1.165) is 40.8 Å². The van der Waals surface area contributed by atoms with E-state index in [-0.39, 0.29) is 5.91 Å². The van der Waals surface area contributed by atoms with Crippen LogP contribution in [0.15, 0.2) is 34.3 Å². The fraction of sp³-hybridized carbons (Fsp3) is 0.381. The normalized spacial score (nSPS) is 21.9. The summed E-state index contributed by atoms with van der Waals surface area (Å²) in [6.45, 7) is 6.12. The largest absolute Gasteiger partial charge is 0.361 e. The van der Waals surface area contributed by atoms with Crippen LogP contribution >= 0.6 is 23.1 Å². The van der Waals surface area contributed by atoms with Gasteiger partial charge in [-0.1, -0.05) is 29.0 Å². The van der Waals surface area contributed by atoms with Crippen molar-refractivity contribution in [3.63, 3.8) is 0 Å². The van der Waals surface area contributed by atoms with Gasteiger partial charge in [0.2, 0.25) is 0 Å². The Balaban J connectivity index is 1.37. The lowest BCUT2D eigenvalue weighted by atomic mass is 10.1. The molecule has 2 fully saturated rings. The van der Waals surface area contributed by atoms with Crippen molar-refractivity contribution in [3.8, 4) is 0 Å². The Hall–Kier alpha value is -2.16. The third-order valence-electron chi connectivity index (χ3n) is 4.95. The van der Waals surface area contributed by atoms with Crippen LogP contribution in [0.25, 0.3) is 6.08 Å². The number of anilines is 1. The van der Waals surface area contributed by atoms with Crippen LogP contribution in [0.3, 0.4) is 0 Å². The zero-order valence-corrected chi connectivity index (χ0v) is 18.3. The van der Waals surface area contributed by atoms with Crippen molar-refractivity contribution in [2.45, 2.75) is 39.2 Å². The second kappa shape index (κ2) is 9.11. The summed E-state index contributed by atoms with van der Waals surface area (Å²) < 4.78 is 0. The highest BCUT2D eigenvalue weighted by molar-refractivity contribution is 8.18. The highest BCUT2D eigenvalue weighted by Crippen LogP contribution is 2.31. The number of aromatic nitrogens is 1. The van der Waals surface area contributed by atoms with Gasteiger partial charge in [-0.05, 0) is 69.1 Å². The number of thiazole rings is 1. The number of nitrogens with zero attached hydrogens (tertiary/aromatic N) is 2. The van der Waals surface area contributed by atoms with E-state index in [0.29, 0.717) is 16.1 Å². The molecule has 1 aromatic heterocycles. The molecule has 0 aliphatic carbocycles. The SMILES string of the molecule is Cc1ccc(N=C2NC(=O)C(=Cc3cnc(NCCC4CCCN4)s3)S2)c(C)c1. The number of carbonyl (C=O) groups is 1. The zero-order chi connectivity index (χ0) is 20.2. The lowest BCUT2D eigenvalue weighted by Gasteiger charge is -2.09. The van der Waals surface area contributed by atoms with Crippen LogP contribution in [0.1, 0.15) is 35.3 Å². The molecule has 0 saturated carbocycles. The number of rotatable bonds is 6. The van der Waals surface area contributed by atoms with E-state index in [1.807, 2.05) is 25.1 Å². The number of amidine groups is 1. The fourth-order valence-corrected chi connectivity index (χ4v) is 5.13. The van der Waals surface area contributed by atoms with Gasteiger partial charge in [-0.2, -0.15) is 0 Å². The highest BCUT2D eigenvalue weighted by atomic mass is 32.2. The molecule has 3 heterocycles. The summed E-state index contributed by atoms with van der Waals surface area (Å²) >= 11 is 2.93. The molecule has 3 N–H and O–H groups in total. The molecule has 0 spiro atoms. The summed E-state index contributed by atoms with van der Waals surface area (Å²) in [5.41, 5.74) is 3.17. The molecule has 2 aromatic rings. The summed E-state index contributed by atoms with van der Waals surface area (Å²) in [6.07, 6.45) is 7.32. The van der Waals surface area contributed by atoms with Crippen molar-refractivity contribution >= 4 is 51.1 Å². The zero-order valence-electron chi connectivity index (χ0n) is 16.6. The minimum atomic E-state index is -0.117. The van der Waals surface area contributed by atoms with Gasteiger partial charge in [0.1, 0.15) is 0 Å². The molecular formula is C21H25N5OS2. The van der Waals surface area contributed by atoms with Gasteiger partial charge in [0.25, 0.3) is 5.91 Å². The number of aryl methyl sites for hydroxylation is 2. The molecule has 1 unspecified atom stereocenters. The number of hydrogen-bond acceptors (Lipinski definition) is 7. The summed E-state index contributed by atoms with van der Waals surface area (Å²) in [6, 6.07) is 6.72. The minimum absolute atomic E-state index is 0.117. The van der Waals surface area contributed by atoms with Gasteiger partial charge in [-0.25, -0.2) is 9.98 Å². The first-order chi connectivity index (χ1) is 14.1. The topological polar surface area (TPSA) is 78.4 Å². The third kappa shape index (κ3) is 5.26. The maximum atomic E-state index is 12.3. The van der Waals surface area contributed by atoms with E-state index in [2.05, 4.69) is 38.9 Å². The summed E-state index contributed by atoms with van der Waals surface area (Å²) in [5.74, 6) is -0.117. The van der Waals surface area contributed by atoms with Crippen molar-refractivity contribution in [2.75, 3.05) is 18.4 Å². The average molecular weight is 428 g/mol. The maximum absolute atomic E-state index is 12.3. The van der Waals surface area contributed by atoms with E-state index >= 15 is 0 Å². The van der Waals surface area contributed by atoms with Gasteiger partial charge in [0, 0.05) is 18.8 Å². The Bertz CT molecular complexity index is 960. The molecule has 1 amide bonds. The molecule has 1 atom stereocenters. The first-order valence-electron chi connectivity index (χ1n) is 9.87. The van der Waals surface area contributed by atoms with Crippen LogP contribution < -0.4 is 16.0 Å². The summed E-state index contributed by atoms with van der Waals surface area (Å²) in [4.78, 5) is 22.9. The lowest BCUT2D eigenvalue weighted by molar-refractivity contribution is -0.115. The highest BCUT2D eigenvalue weighted by Gasteiger charge is 2.24. The predicted octanol–water partition coefficient (Wildman–Crippen LogP) is 4.21. The monoisotopic (exact) mass is 427 g/mol. The second-order valence-electron chi connectivity index (χ2n) is 7.35. The average Bonchev–Trinajstić information content (AvgIpc) is 3.41. The van der Waals surface area contributed by atoms with Gasteiger partial charge in [0.15, 0.2) is 10.3 Å². The number of benzene rings is 1. The van der Waals surface area contributed by atoms with Gasteiger partial charge in [-0.3, -0.25) is 4.79 Å². The van der Waals surface area contributed by atoms with Crippen LogP contribution in [0.2, 0.25) is 0 Å². The molecule has 29 heavy (non-hydrogen) atoms. The van der Waals surface area contributed by atoms with Crippen LogP contribution in [0, 0.1) is 13.8 Å². The van der Waals surface area contributed by atoms with Crippen LogP contribution in [0.5, 0.6) is 0 Å². The number of thioether (sulfide) groups is 1. The van der Waals surface area contributed by atoms with E-state index in [9.17, 15) is 4.79 Å². The fourth-order valence-electron chi connectivity index (χ4n) is 3.44. The van der Waals surface area contributed by atoms with E-state index in [1.54, 1.807) is 17.5 Å². The van der Waals surface area contributed by atoms with Crippen molar-refractivity contribution in [2.24, 2.45) is 4.99 Å².